The molecule has 0 saturated heterocycles. The summed E-state index contributed by atoms with van der Waals surface area (Å²) in [6.07, 6.45) is 8.26. The number of benzene rings is 1. The van der Waals surface area contributed by atoms with Gasteiger partial charge in [-0.1, -0.05) is 19.3 Å². The van der Waals surface area contributed by atoms with Crippen LogP contribution < -0.4 is 10.6 Å². The Morgan fingerprint density at radius 2 is 2.00 bits per heavy atom. The molecule has 23 heavy (non-hydrogen) atoms. The van der Waals surface area contributed by atoms with Gasteiger partial charge in [0.25, 0.3) is 0 Å². The molecule has 5 heteroatoms. The quantitative estimate of drug-likeness (QED) is 0.691. The number of anilines is 1. The molecular formula is C18H29ClN2OS. The lowest BCUT2D eigenvalue weighted by Crippen LogP contribution is -2.15. The van der Waals surface area contributed by atoms with Crippen LogP contribution in [0.15, 0.2) is 23.1 Å². The number of carbonyl (C=O) groups is 1. The molecule has 1 aromatic carbocycles. The first-order valence-electron chi connectivity index (χ1n) is 8.41. The predicted octanol–water partition coefficient (Wildman–Crippen LogP) is 4.78. The minimum Gasteiger partial charge on any atom is -0.326 e. The van der Waals surface area contributed by atoms with Crippen molar-refractivity contribution in [1.29, 1.82) is 0 Å². The molecule has 1 aliphatic rings. The maximum Gasteiger partial charge on any atom is 0.224 e. The van der Waals surface area contributed by atoms with Gasteiger partial charge in [-0.15, -0.1) is 24.2 Å². The normalized spacial score (nSPS) is 15.0. The van der Waals surface area contributed by atoms with Crippen LogP contribution in [0.2, 0.25) is 0 Å². The SMILES string of the molecule is CNCCCC(=O)Nc1ccc(SC2CCCCC2)cc1C.Cl. The first-order chi connectivity index (χ1) is 10.7. The van der Waals surface area contributed by atoms with Crippen molar-refractivity contribution in [1.82, 2.24) is 5.32 Å². The van der Waals surface area contributed by atoms with Crippen LogP contribution in [0, 0.1) is 6.92 Å². The number of hydrogen-bond acceptors (Lipinski definition) is 3. The topological polar surface area (TPSA) is 41.1 Å². The Labute approximate surface area is 150 Å². The molecule has 1 fully saturated rings. The molecule has 1 aliphatic carbocycles. The summed E-state index contributed by atoms with van der Waals surface area (Å²) in [5, 5.41) is 6.86. The summed E-state index contributed by atoms with van der Waals surface area (Å²) in [5.74, 6) is 0.103. The zero-order valence-corrected chi connectivity index (χ0v) is 15.8. The highest BCUT2D eigenvalue weighted by atomic mass is 35.5. The highest BCUT2D eigenvalue weighted by Gasteiger charge is 2.15. The van der Waals surface area contributed by atoms with E-state index < -0.39 is 0 Å². The molecule has 0 atom stereocenters. The average Bonchev–Trinajstić information content (AvgIpc) is 2.51. The van der Waals surface area contributed by atoms with Gasteiger partial charge in [0.1, 0.15) is 0 Å². The van der Waals surface area contributed by atoms with Crippen LogP contribution in [-0.2, 0) is 4.79 Å². The maximum atomic E-state index is 11.9. The molecule has 1 aromatic rings. The van der Waals surface area contributed by atoms with Gasteiger partial charge in [-0.3, -0.25) is 4.79 Å². The zero-order chi connectivity index (χ0) is 15.8. The van der Waals surface area contributed by atoms with Crippen molar-refractivity contribution in [2.24, 2.45) is 0 Å². The van der Waals surface area contributed by atoms with E-state index in [9.17, 15) is 4.79 Å². The summed E-state index contributed by atoms with van der Waals surface area (Å²) < 4.78 is 0. The van der Waals surface area contributed by atoms with Crippen LogP contribution in [0.4, 0.5) is 5.69 Å². The van der Waals surface area contributed by atoms with E-state index in [0.29, 0.717) is 6.42 Å². The molecule has 1 amide bonds. The largest absolute Gasteiger partial charge is 0.326 e. The zero-order valence-electron chi connectivity index (χ0n) is 14.2. The van der Waals surface area contributed by atoms with E-state index in [1.54, 1.807) is 0 Å². The minimum atomic E-state index is 0. The third-order valence-electron chi connectivity index (χ3n) is 4.16. The number of amides is 1. The summed E-state index contributed by atoms with van der Waals surface area (Å²) in [6, 6.07) is 6.41. The number of carbonyl (C=O) groups excluding carboxylic acids is 1. The van der Waals surface area contributed by atoms with Gasteiger partial charge >= 0.3 is 0 Å². The van der Waals surface area contributed by atoms with E-state index in [0.717, 1.165) is 29.5 Å². The number of hydrogen-bond donors (Lipinski definition) is 2. The van der Waals surface area contributed by atoms with Gasteiger partial charge < -0.3 is 10.6 Å². The Balaban J connectivity index is 0.00000264. The van der Waals surface area contributed by atoms with Crippen molar-refractivity contribution in [2.45, 2.75) is 62.0 Å². The monoisotopic (exact) mass is 356 g/mol. The van der Waals surface area contributed by atoms with E-state index in [4.69, 9.17) is 0 Å². The van der Waals surface area contributed by atoms with E-state index in [1.807, 2.05) is 18.8 Å². The van der Waals surface area contributed by atoms with Crippen molar-refractivity contribution < 1.29 is 4.79 Å². The first kappa shape index (κ1) is 20.3. The molecule has 130 valence electrons. The summed E-state index contributed by atoms with van der Waals surface area (Å²) in [5.41, 5.74) is 2.10. The minimum absolute atomic E-state index is 0. The summed E-state index contributed by atoms with van der Waals surface area (Å²) in [7, 11) is 1.91. The molecule has 0 aliphatic heterocycles. The standard InChI is InChI=1S/C18H28N2OS.ClH/c1-14-13-16(22-15-7-4-3-5-8-15)10-11-17(14)20-18(21)9-6-12-19-2;/h10-11,13,15,19H,3-9,12H2,1-2H3,(H,20,21);1H. The maximum absolute atomic E-state index is 11.9. The number of halogens is 1. The van der Waals surface area contributed by atoms with E-state index in [1.165, 1.54) is 37.0 Å². The molecule has 0 unspecified atom stereocenters. The highest BCUT2D eigenvalue weighted by Crippen LogP contribution is 2.34. The second-order valence-electron chi connectivity index (χ2n) is 6.11. The van der Waals surface area contributed by atoms with Gasteiger partial charge in [0.2, 0.25) is 5.91 Å². The third kappa shape index (κ3) is 7.15. The van der Waals surface area contributed by atoms with Crippen LogP contribution in [-0.4, -0.2) is 24.7 Å². The molecule has 0 bridgehead atoms. The Bertz CT molecular complexity index is 490. The highest BCUT2D eigenvalue weighted by molar-refractivity contribution is 8.00. The van der Waals surface area contributed by atoms with Crippen molar-refractivity contribution in [3.05, 3.63) is 23.8 Å². The van der Waals surface area contributed by atoms with E-state index in [2.05, 4.69) is 35.8 Å². The predicted molar refractivity (Wildman–Crippen MR) is 103 cm³/mol. The number of aryl methyl sites for hydroxylation is 1. The van der Waals surface area contributed by atoms with E-state index in [-0.39, 0.29) is 18.3 Å². The van der Waals surface area contributed by atoms with Gasteiger partial charge in [0.15, 0.2) is 0 Å². The van der Waals surface area contributed by atoms with E-state index >= 15 is 0 Å². The molecule has 0 radical (unpaired) electrons. The van der Waals surface area contributed by atoms with Crippen LogP contribution in [0.3, 0.4) is 0 Å². The fourth-order valence-corrected chi connectivity index (χ4v) is 4.21. The van der Waals surface area contributed by atoms with Gasteiger partial charge in [0.05, 0.1) is 0 Å². The van der Waals surface area contributed by atoms with Crippen LogP contribution in [0.1, 0.15) is 50.5 Å². The fraction of sp³-hybridized carbons (Fsp3) is 0.611. The second-order valence-corrected chi connectivity index (χ2v) is 7.48. The summed E-state index contributed by atoms with van der Waals surface area (Å²) in [4.78, 5) is 13.2. The smallest absolute Gasteiger partial charge is 0.224 e. The Morgan fingerprint density at radius 3 is 2.65 bits per heavy atom. The van der Waals surface area contributed by atoms with Gasteiger partial charge in [-0.25, -0.2) is 0 Å². The molecule has 0 heterocycles. The lowest BCUT2D eigenvalue weighted by molar-refractivity contribution is -0.116. The Hall–Kier alpha value is -0.710. The third-order valence-corrected chi connectivity index (χ3v) is 5.49. The van der Waals surface area contributed by atoms with Crippen LogP contribution >= 0.6 is 24.2 Å². The van der Waals surface area contributed by atoms with Gasteiger partial charge in [-0.2, -0.15) is 0 Å². The Kier molecular flexibility index (Phi) is 9.68. The van der Waals surface area contributed by atoms with Crippen molar-refractivity contribution in [3.63, 3.8) is 0 Å². The molecule has 3 nitrogen and oxygen atoms in total. The number of nitrogens with one attached hydrogen (secondary N) is 2. The van der Waals surface area contributed by atoms with Crippen molar-refractivity contribution in [3.8, 4) is 0 Å². The number of rotatable bonds is 7. The second kappa shape index (κ2) is 11.0. The summed E-state index contributed by atoms with van der Waals surface area (Å²) in [6.45, 7) is 2.96. The van der Waals surface area contributed by atoms with Crippen LogP contribution in [0.5, 0.6) is 0 Å². The molecule has 2 rings (SSSR count). The number of thioether (sulfide) groups is 1. The molecule has 0 aromatic heterocycles. The fourth-order valence-electron chi connectivity index (χ4n) is 2.86. The molecule has 1 saturated carbocycles. The van der Waals surface area contributed by atoms with Crippen molar-refractivity contribution in [2.75, 3.05) is 18.9 Å². The lowest BCUT2D eigenvalue weighted by atomic mass is 10.0. The lowest BCUT2D eigenvalue weighted by Gasteiger charge is -2.21. The van der Waals surface area contributed by atoms with Gasteiger partial charge in [-0.05, 0) is 63.5 Å². The summed E-state index contributed by atoms with van der Waals surface area (Å²) >= 11 is 2.00. The van der Waals surface area contributed by atoms with Gasteiger partial charge in [0, 0.05) is 22.3 Å². The molecule has 0 spiro atoms. The Morgan fingerprint density at radius 1 is 1.26 bits per heavy atom. The molecule has 2 N–H and O–H groups in total. The van der Waals surface area contributed by atoms with Crippen LogP contribution in [0.25, 0.3) is 0 Å². The van der Waals surface area contributed by atoms with Crippen molar-refractivity contribution >= 4 is 35.8 Å². The molecular weight excluding hydrogens is 328 g/mol. The first-order valence-corrected chi connectivity index (χ1v) is 9.29. The average molecular weight is 357 g/mol.